The molecule has 2 aromatic rings. The summed E-state index contributed by atoms with van der Waals surface area (Å²) in [6.45, 7) is 0. The Morgan fingerprint density at radius 3 is 2.35 bits per heavy atom. The molecular weight excluding hydrogens is 275 g/mol. The minimum absolute atomic E-state index is 0.0519. The Morgan fingerprint density at radius 2 is 1.85 bits per heavy atom. The van der Waals surface area contributed by atoms with Crippen LogP contribution in [0.3, 0.4) is 0 Å². The van der Waals surface area contributed by atoms with Crippen LogP contribution in [0.2, 0.25) is 0 Å². The van der Waals surface area contributed by atoms with E-state index in [0.717, 1.165) is 6.07 Å². The van der Waals surface area contributed by atoms with E-state index in [0.29, 0.717) is 11.1 Å². The second kappa shape index (κ2) is 5.04. The summed E-state index contributed by atoms with van der Waals surface area (Å²) in [5, 5.41) is 0.372. The summed E-state index contributed by atoms with van der Waals surface area (Å²) in [6.07, 6.45) is -4.58. The van der Waals surface area contributed by atoms with Crippen molar-refractivity contribution >= 4 is 16.6 Å². The average molecular weight is 287 g/mol. The molecular formula is C12H12F3N3O2. The first kappa shape index (κ1) is 14.2. The van der Waals surface area contributed by atoms with E-state index in [1.54, 1.807) is 0 Å². The molecule has 1 aromatic carbocycles. The number of ether oxygens (including phenoxy) is 2. The molecule has 8 heteroatoms. The van der Waals surface area contributed by atoms with Crippen LogP contribution in [0.15, 0.2) is 18.2 Å². The summed E-state index contributed by atoms with van der Waals surface area (Å²) in [5.74, 6) is 5.88. The number of alkyl halides is 3. The number of aromatic nitrogens is 1. The van der Waals surface area contributed by atoms with E-state index >= 15 is 0 Å². The summed E-state index contributed by atoms with van der Waals surface area (Å²) < 4.78 is 48.6. The molecule has 0 saturated carbocycles. The number of nitrogens with one attached hydrogen (secondary N) is 1. The molecule has 0 aliphatic heterocycles. The van der Waals surface area contributed by atoms with Gasteiger partial charge in [-0.2, -0.15) is 13.2 Å². The highest BCUT2D eigenvalue weighted by atomic mass is 19.4. The van der Waals surface area contributed by atoms with Gasteiger partial charge in [0.05, 0.1) is 19.9 Å². The number of nitrogens with two attached hydrogens (primary N) is 1. The Labute approximate surface area is 112 Å². The number of hydrazine groups is 1. The van der Waals surface area contributed by atoms with Crippen LogP contribution in [0.25, 0.3) is 10.9 Å². The van der Waals surface area contributed by atoms with E-state index in [1.165, 1.54) is 26.4 Å². The van der Waals surface area contributed by atoms with Crippen LogP contribution in [0, 0.1) is 0 Å². The van der Waals surface area contributed by atoms with Gasteiger partial charge in [-0.1, -0.05) is 0 Å². The third-order valence-corrected chi connectivity index (χ3v) is 2.75. The van der Waals surface area contributed by atoms with Crippen LogP contribution in [0.4, 0.5) is 18.9 Å². The predicted octanol–water partition coefficient (Wildman–Crippen LogP) is 2.56. The number of hydrogen-bond donors (Lipinski definition) is 2. The standard InChI is InChI=1S/C12H12F3N3O2/c1-19-6-3-7-8(18-16)5-10(12(13,14)15)17-11(7)9(4-6)20-2/h3-5H,16H2,1-2H3,(H,17,18). The number of anilines is 1. The highest BCUT2D eigenvalue weighted by Gasteiger charge is 2.33. The normalized spacial score (nSPS) is 11.5. The van der Waals surface area contributed by atoms with Crippen molar-refractivity contribution in [3.05, 3.63) is 23.9 Å². The maximum Gasteiger partial charge on any atom is 0.433 e. The number of hydrogen-bond acceptors (Lipinski definition) is 5. The maximum absolute atomic E-state index is 12.8. The van der Waals surface area contributed by atoms with Gasteiger partial charge < -0.3 is 14.9 Å². The summed E-state index contributed by atoms with van der Waals surface area (Å²) in [4.78, 5) is 3.60. The molecule has 0 amide bonds. The summed E-state index contributed by atoms with van der Waals surface area (Å²) in [7, 11) is 2.78. The quantitative estimate of drug-likeness (QED) is 0.670. The zero-order valence-corrected chi connectivity index (χ0v) is 10.7. The topological polar surface area (TPSA) is 69.4 Å². The van der Waals surface area contributed by atoms with Crippen molar-refractivity contribution in [2.75, 3.05) is 19.6 Å². The smallest absolute Gasteiger partial charge is 0.433 e. The number of methoxy groups -OCH3 is 2. The van der Waals surface area contributed by atoms with Gasteiger partial charge in [0.2, 0.25) is 0 Å². The Morgan fingerprint density at radius 1 is 1.15 bits per heavy atom. The molecule has 1 heterocycles. The molecule has 20 heavy (non-hydrogen) atoms. The number of nitrogen functional groups attached to an aromatic ring is 1. The molecule has 0 fully saturated rings. The van der Waals surface area contributed by atoms with E-state index in [-0.39, 0.29) is 17.0 Å². The third-order valence-electron chi connectivity index (χ3n) is 2.75. The van der Waals surface area contributed by atoms with E-state index < -0.39 is 11.9 Å². The average Bonchev–Trinajstić information content (AvgIpc) is 2.43. The fraction of sp³-hybridized carbons (Fsp3) is 0.250. The van der Waals surface area contributed by atoms with Crippen molar-refractivity contribution in [1.29, 1.82) is 0 Å². The minimum Gasteiger partial charge on any atom is -0.497 e. The molecule has 0 saturated heterocycles. The van der Waals surface area contributed by atoms with Crippen LogP contribution in [-0.2, 0) is 6.18 Å². The van der Waals surface area contributed by atoms with Crippen molar-refractivity contribution in [2.24, 2.45) is 5.84 Å². The summed E-state index contributed by atoms with van der Waals surface area (Å²) >= 11 is 0. The maximum atomic E-state index is 12.8. The van der Waals surface area contributed by atoms with Crippen molar-refractivity contribution in [1.82, 2.24) is 4.98 Å². The lowest BCUT2D eigenvalue weighted by molar-refractivity contribution is -0.140. The highest BCUT2D eigenvalue weighted by Crippen LogP contribution is 2.38. The van der Waals surface area contributed by atoms with Crippen LogP contribution in [0.5, 0.6) is 11.5 Å². The van der Waals surface area contributed by atoms with Crippen molar-refractivity contribution in [3.8, 4) is 11.5 Å². The molecule has 2 rings (SSSR count). The lowest BCUT2D eigenvalue weighted by atomic mass is 10.1. The number of nitrogens with zero attached hydrogens (tertiary/aromatic N) is 1. The van der Waals surface area contributed by atoms with Gasteiger partial charge in [-0.3, -0.25) is 5.84 Å². The minimum atomic E-state index is -4.58. The van der Waals surface area contributed by atoms with Gasteiger partial charge in [-0.15, -0.1) is 0 Å². The zero-order chi connectivity index (χ0) is 14.9. The molecule has 0 atom stereocenters. The molecule has 1 aromatic heterocycles. The second-order valence-electron chi connectivity index (χ2n) is 3.92. The van der Waals surface area contributed by atoms with Gasteiger partial charge in [0.1, 0.15) is 22.7 Å². The first-order chi connectivity index (χ1) is 9.40. The zero-order valence-electron chi connectivity index (χ0n) is 10.7. The van der Waals surface area contributed by atoms with Gasteiger partial charge in [-0.25, -0.2) is 4.98 Å². The predicted molar refractivity (Wildman–Crippen MR) is 67.7 cm³/mol. The number of fused-ring (bicyclic) bond motifs is 1. The van der Waals surface area contributed by atoms with Crippen molar-refractivity contribution in [2.45, 2.75) is 6.18 Å². The van der Waals surface area contributed by atoms with E-state index in [4.69, 9.17) is 15.3 Å². The molecule has 0 aliphatic rings. The van der Waals surface area contributed by atoms with Gasteiger partial charge >= 0.3 is 6.18 Å². The van der Waals surface area contributed by atoms with Crippen LogP contribution in [-0.4, -0.2) is 19.2 Å². The lowest BCUT2D eigenvalue weighted by Gasteiger charge is -2.14. The molecule has 5 nitrogen and oxygen atoms in total. The van der Waals surface area contributed by atoms with Crippen LogP contribution in [0.1, 0.15) is 5.69 Å². The number of benzene rings is 1. The fourth-order valence-electron chi connectivity index (χ4n) is 1.81. The first-order valence-corrected chi connectivity index (χ1v) is 5.51. The molecule has 0 unspecified atom stereocenters. The molecule has 0 bridgehead atoms. The number of halogens is 3. The summed E-state index contributed by atoms with van der Waals surface area (Å²) in [5.41, 5.74) is 1.31. The molecule has 3 N–H and O–H groups in total. The van der Waals surface area contributed by atoms with E-state index in [1.807, 2.05) is 0 Å². The van der Waals surface area contributed by atoms with Crippen LogP contribution < -0.4 is 20.7 Å². The summed E-state index contributed by atoms with van der Waals surface area (Å²) in [6, 6.07) is 3.82. The fourth-order valence-corrected chi connectivity index (χ4v) is 1.81. The molecule has 0 radical (unpaired) electrons. The Hall–Kier alpha value is -2.22. The Bertz CT molecular complexity index is 644. The molecule has 108 valence electrons. The lowest BCUT2D eigenvalue weighted by Crippen LogP contribution is -2.13. The van der Waals surface area contributed by atoms with Gasteiger partial charge in [0.15, 0.2) is 0 Å². The van der Waals surface area contributed by atoms with Crippen LogP contribution >= 0.6 is 0 Å². The second-order valence-corrected chi connectivity index (χ2v) is 3.92. The number of pyridine rings is 1. The third kappa shape index (κ3) is 2.42. The first-order valence-electron chi connectivity index (χ1n) is 5.51. The SMILES string of the molecule is COc1cc(OC)c2nc(C(F)(F)F)cc(NN)c2c1. The molecule has 0 aliphatic carbocycles. The van der Waals surface area contributed by atoms with Crippen molar-refractivity contribution in [3.63, 3.8) is 0 Å². The number of rotatable bonds is 3. The Balaban J connectivity index is 2.83. The van der Waals surface area contributed by atoms with Gasteiger partial charge in [-0.05, 0) is 12.1 Å². The highest BCUT2D eigenvalue weighted by molar-refractivity contribution is 5.96. The van der Waals surface area contributed by atoms with Crippen molar-refractivity contribution < 1.29 is 22.6 Å². The molecule has 0 spiro atoms. The van der Waals surface area contributed by atoms with Gasteiger partial charge in [0, 0.05) is 11.5 Å². The van der Waals surface area contributed by atoms with Gasteiger partial charge in [0.25, 0.3) is 0 Å². The van der Waals surface area contributed by atoms with E-state index in [2.05, 4.69) is 10.4 Å². The van der Waals surface area contributed by atoms with E-state index in [9.17, 15) is 13.2 Å². The monoisotopic (exact) mass is 287 g/mol. The largest absolute Gasteiger partial charge is 0.497 e. The Kier molecular flexibility index (Phi) is 3.58.